The molecule has 2 heterocycles. The van der Waals surface area contributed by atoms with Gasteiger partial charge in [0.25, 0.3) is 5.91 Å². The number of anilines is 1. The zero-order valence-electron chi connectivity index (χ0n) is 18.9. The van der Waals surface area contributed by atoms with Crippen LogP contribution in [0.4, 0.5) is 10.5 Å². The van der Waals surface area contributed by atoms with Crippen molar-refractivity contribution in [2.24, 2.45) is 0 Å². The number of carbonyl (C=O) groups is 3. The number of hydrogen-bond donors (Lipinski definition) is 0. The molecule has 11 nitrogen and oxygen atoms in total. The lowest BCUT2D eigenvalue weighted by molar-refractivity contribution is -0.131. The molecule has 0 spiro atoms. The molecule has 182 valence electrons. The summed E-state index contributed by atoms with van der Waals surface area (Å²) in [4.78, 5) is 42.0. The van der Waals surface area contributed by atoms with Crippen LogP contribution in [0.15, 0.2) is 24.3 Å². The lowest BCUT2D eigenvalue weighted by Crippen LogP contribution is -2.53. The first-order chi connectivity index (χ1) is 15.7. The highest BCUT2D eigenvalue weighted by Crippen LogP contribution is 2.20. The molecule has 0 atom stereocenters. The SMILES string of the molecule is CCOC(=O)N1CCN(C(=O)CN(c2ccc(C(=O)N3CCOCC3)cc2)S(C)(=O)=O)CC1. The van der Waals surface area contributed by atoms with Gasteiger partial charge in [0.15, 0.2) is 0 Å². The number of rotatable bonds is 6. The van der Waals surface area contributed by atoms with Gasteiger partial charge in [-0.05, 0) is 31.2 Å². The van der Waals surface area contributed by atoms with Crippen molar-refractivity contribution in [2.45, 2.75) is 6.92 Å². The number of hydrogen-bond acceptors (Lipinski definition) is 7. The summed E-state index contributed by atoms with van der Waals surface area (Å²) in [7, 11) is -3.75. The summed E-state index contributed by atoms with van der Waals surface area (Å²) < 4.78 is 36.1. The van der Waals surface area contributed by atoms with E-state index in [-0.39, 0.29) is 25.0 Å². The molecule has 3 amide bonds. The summed E-state index contributed by atoms with van der Waals surface area (Å²) in [6.07, 6.45) is 0.611. The Kier molecular flexibility index (Phi) is 8.14. The van der Waals surface area contributed by atoms with Crippen LogP contribution in [-0.2, 0) is 24.3 Å². The second-order valence-corrected chi connectivity index (χ2v) is 9.69. The molecule has 2 aliphatic rings. The van der Waals surface area contributed by atoms with Crippen LogP contribution in [0, 0.1) is 0 Å². The number of benzene rings is 1. The number of piperazine rings is 1. The number of carbonyl (C=O) groups excluding carboxylic acids is 3. The van der Waals surface area contributed by atoms with Crippen molar-refractivity contribution in [1.82, 2.24) is 14.7 Å². The molecule has 0 unspecified atom stereocenters. The molecule has 2 fully saturated rings. The van der Waals surface area contributed by atoms with Gasteiger partial charge in [0.1, 0.15) is 6.54 Å². The minimum atomic E-state index is -3.75. The van der Waals surface area contributed by atoms with Crippen molar-refractivity contribution in [3.63, 3.8) is 0 Å². The van der Waals surface area contributed by atoms with Gasteiger partial charge in [0, 0.05) is 44.8 Å². The van der Waals surface area contributed by atoms with Gasteiger partial charge in [-0.15, -0.1) is 0 Å². The van der Waals surface area contributed by atoms with Gasteiger partial charge in [-0.3, -0.25) is 13.9 Å². The van der Waals surface area contributed by atoms with E-state index in [4.69, 9.17) is 9.47 Å². The summed E-state index contributed by atoms with van der Waals surface area (Å²) in [6, 6.07) is 6.18. The van der Waals surface area contributed by atoms with E-state index in [1.807, 2.05) is 0 Å². The molecule has 0 aromatic heterocycles. The van der Waals surface area contributed by atoms with E-state index in [2.05, 4.69) is 0 Å². The number of ether oxygens (including phenoxy) is 2. The molecule has 12 heteroatoms. The molecule has 2 saturated heterocycles. The van der Waals surface area contributed by atoms with Crippen molar-refractivity contribution in [2.75, 3.05) is 76.2 Å². The molecular formula is C21H30N4O7S. The van der Waals surface area contributed by atoms with Crippen LogP contribution in [0.2, 0.25) is 0 Å². The van der Waals surface area contributed by atoms with E-state index in [9.17, 15) is 22.8 Å². The van der Waals surface area contributed by atoms with E-state index >= 15 is 0 Å². The number of sulfonamides is 1. The first-order valence-electron chi connectivity index (χ1n) is 10.8. The average molecular weight is 483 g/mol. The summed E-state index contributed by atoms with van der Waals surface area (Å²) in [5.41, 5.74) is 0.741. The number of morpholine rings is 1. The third-order valence-corrected chi connectivity index (χ3v) is 6.68. The van der Waals surface area contributed by atoms with E-state index in [1.165, 1.54) is 21.9 Å². The van der Waals surface area contributed by atoms with Gasteiger partial charge in [0.05, 0.1) is 31.8 Å². The Labute approximate surface area is 193 Å². The molecule has 0 bridgehead atoms. The molecule has 0 aliphatic carbocycles. The zero-order chi connectivity index (χ0) is 24.0. The second-order valence-electron chi connectivity index (χ2n) is 7.79. The molecule has 1 aromatic rings. The standard InChI is InChI=1S/C21H30N4O7S/c1-3-32-21(28)24-10-8-22(9-11-24)19(26)16-25(33(2,29)30)18-6-4-17(5-7-18)20(27)23-12-14-31-15-13-23/h4-7H,3,8-16H2,1-2H3. The zero-order valence-corrected chi connectivity index (χ0v) is 19.8. The summed E-state index contributed by atoms with van der Waals surface area (Å²) in [5.74, 6) is -0.510. The normalized spacial score (nSPS) is 17.0. The fraction of sp³-hybridized carbons (Fsp3) is 0.571. The van der Waals surface area contributed by atoms with Crippen molar-refractivity contribution < 1.29 is 32.3 Å². The first-order valence-corrected chi connectivity index (χ1v) is 12.7. The molecule has 0 N–H and O–H groups in total. The van der Waals surface area contributed by atoms with Gasteiger partial charge >= 0.3 is 6.09 Å². The minimum Gasteiger partial charge on any atom is -0.450 e. The Morgan fingerprint density at radius 2 is 1.52 bits per heavy atom. The third-order valence-electron chi connectivity index (χ3n) is 5.54. The molecular weight excluding hydrogens is 452 g/mol. The van der Waals surface area contributed by atoms with Crippen LogP contribution in [0.3, 0.4) is 0 Å². The van der Waals surface area contributed by atoms with Crippen LogP contribution in [0.5, 0.6) is 0 Å². The van der Waals surface area contributed by atoms with Gasteiger partial charge in [-0.2, -0.15) is 0 Å². The average Bonchev–Trinajstić information content (AvgIpc) is 2.82. The second kappa shape index (κ2) is 10.8. The molecule has 0 radical (unpaired) electrons. The van der Waals surface area contributed by atoms with E-state index in [0.717, 1.165) is 10.6 Å². The van der Waals surface area contributed by atoms with Gasteiger partial charge in [0.2, 0.25) is 15.9 Å². The molecule has 2 aliphatic heterocycles. The van der Waals surface area contributed by atoms with Crippen molar-refractivity contribution >= 4 is 33.6 Å². The van der Waals surface area contributed by atoms with Gasteiger partial charge < -0.3 is 24.2 Å². The quantitative estimate of drug-likeness (QED) is 0.570. The topological polar surface area (TPSA) is 117 Å². The highest BCUT2D eigenvalue weighted by molar-refractivity contribution is 7.92. The first kappa shape index (κ1) is 24.8. The molecule has 0 saturated carbocycles. The number of amides is 3. The predicted octanol–water partition coefficient (Wildman–Crippen LogP) is 0.226. The third kappa shape index (κ3) is 6.35. The fourth-order valence-corrected chi connectivity index (χ4v) is 4.54. The van der Waals surface area contributed by atoms with Gasteiger partial charge in [-0.1, -0.05) is 0 Å². The maximum atomic E-state index is 12.8. The molecule has 33 heavy (non-hydrogen) atoms. The predicted molar refractivity (Wildman–Crippen MR) is 121 cm³/mol. The smallest absolute Gasteiger partial charge is 0.409 e. The van der Waals surface area contributed by atoms with Crippen molar-refractivity contribution in [3.05, 3.63) is 29.8 Å². The Morgan fingerprint density at radius 1 is 0.939 bits per heavy atom. The van der Waals surface area contributed by atoms with Crippen LogP contribution >= 0.6 is 0 Å². The van der Waals surface area contributed by atoms with E-state index in [0.29, 0.717) is 63.7 Å². The van der Waals surface area contributed by atoms with Gasteiger partial charge in [-0.25, -0.2) is 13.2 Å². The van der Waals surface area contributed by atoms with E-state index < -0.39 is 16.1 Å². The Hall–Kier alpha value is -2.86. The highest BCUT2D eigenvalue weighted by atomic mass is 32.2. The maximum absolute atomic E-state index is 12.8. The summed E-state index contributed by atoms with van der Waals surface area (Å²) >= 11 is 0. The van der Waals surface area contributed by atoms with E-state index in [1.54, 1.807) is 24.0 Å². The van der Waals surface area contributed by atoms with Crippen LogP contribution in [-0.4, -0.2) is 113 Å². The lowest BCUT2D eigenvalue weighted by Gasteiger charge is -2.35. The van der Waals surface area contributed by atoms with Crippen molar-refractivity contribution in [1.29, 1.82) is 0 Å². The Bertz CT molecular complexity index is 953. The molecule has 1 aromatic carbocycles. The molecule has 3 rings (SSSR count). The summed E-state index contributed by atoms with van der Waals surface area (Å²) in [6.45, 7) is 4.86. The Morgan fingerprint density at radius 3 is 2.06 bits per heavy atom. The van der Waals surface area contributed by atoms with Crippen LogP contribution in [0.1, 0.15) is 17.3 Å². The number of nitrogens with zero attached hydrogens (tertiary/aromatic N) is 4. The highest BCUT2D eigenvalue weighted by Gasteiger charge is 2.28. The van der Waals surface area contributed by atoms with Crippen molar-refractivity contribution in [3.8, 4) is 0 Å². The fourth-order valence-electron chi connectivity index (χ4n) is 3.70. The minimum absolute atomic E-state index is 0.147. The summed E-state index contributed by atoms with van der Waals surface area (Å²) in [5, 5.41) is 0. The monoisotopic (exact) mass is 482 g/mol. The maximum Gasteiger partial charge on any atom is 0.409 e. The van der Waals surface area contributed by atoms with Crippen LogP contribution < -0.4 is 4.31 Å². The van der Waals surface area contributed by atoms with Crippen LogP contribution in [0.25, 0.3) is 0 Å². The lowest BCUT2D eigenvalue weighted by atomic mass is 10.1. The Balaban J connectivity index is 1.65. The largest absolute Gasteiger partial charge is 0.450 e.